The highest BCUT2D eigenvalue weighted by Gasteiger charge is 2.24. The van der Waals surface area contributed by atoms with Gasteiger partial charge in [0.15, 0.2) is 0 Å². The van der Waals surface area contributed by atoms with E-state index in [0.29, 0.717) is 5.57 Å². The zero-order valence-corrected chi connectivity index (χ0v) is 9.57. The molecule has 4 heteroatoms. The summed E-state index contributed by atoms with van der Waals surface area (Å²) in [4.78, 5) is 13.6. The molecule has 0 bridgehead atoms. The summed E-state index contributed by atoms with van der Waals surface area (Å²) in [5, 5.41) is 2.81. The number of hydrogen-bond donors (Lipinski definition) is 1. The lowest BCUT2D eigenvalue weighted by atomic mass is 10.1. The molecule has 1 heterocycles. The van der Waals surface area contributed by atoms with Crippen molar-refractivity contribution in [3.8, 4) is 5.75 Å². The molecule has 0 spiro atoms. The summed E-state index contributed by atoms with van der Waals surface area (Å²) < 4.78 is 5.15. The molecule has 0 aliphatic carbocycles. The van der Waals surface area contributed by atoms with E-state index in [1.807, 2.05) is 37.2 Å². The molecule has 16 heavy (non-hydrogen) atoms. The van der Waals surface area contributed by atoms with Crippen LogP contribution in [-0.4, -0.2) is 32.0 Å². The molecule has 0 fully saturated rings. The van der Waals surface area contributed by atoms with Crippen molar-refractivity contribution in [2.75, 3.05) is 26.5 Å². The van der Waals surface area contributed by atoms with Crippen LogP contribution in [0, 0.1) is 0 Å². The number of nitrogens with zero attached hydrogens (tertiary/aromatic N) is 1. The molecule has 0 unspecified atom stereocenters. The van der Waals surface area contributed by atoms with E-state index >= 15 is 0 Å². The molecular formula is C12H14N2O2. The topological polar surface area (TPSA) is 41.6 Å². The summed E-state index contributed by atoms with van der Waals surface area (Å²) in [5.41, 5.74) is 2.39. The highest BCUT2D eigenvalue weighted by atomic mass is 16.5. The van der Waals surface area contributed by atoms with Gasteiger partial charge in [0, 0.05) is 31.5 Å². The van der Waals surface area contributed by atoms with Gasteiger partial charge >= 0.3 is 0 Å². The Morgan fingerprint density at radius 1 is 1.38 bits per heavy atom. The average molecular weight is 218 g/mol. The van der Waals surface area contributed by atoms with Crippen LogP contribution in [0.3, 0.4) is 0 Å². The Hall–Kier alpha value is -1.97. The molecule has 1 aromatic rings. The molecule has 1 aromatic carbocycles. The summed E-state index contributed by atoms with van der Waals surface area (Å²) in [5.74, 6) is 0.678. The number of amides is 1. The van der Waals surface area contributed by atoms with Gasteiger partial charge in [0.2, 0.25) is 0 Å². The van der Waals surface area contributed by atoms with E-state index in [9.17, 15) is 4.79 Å². The molecule has 1 aliphatic heterocycles. The van der Waals surface area contributed by atoms with Crippen molar-refractivity contribution in [3.63, 3.8) is 0 Å². The van der Waals surface area contributed by atoms with Crippen molar-refractivity contribution >= 4 is 17.2 Å². The number of carbonyl (C=O) groups is 1. The predicted molar refractivity (Wildman–Crippen MR) is 63.3 cm³/mol. The van der Waals surface area contributed by atoms with Crippen LogP contribution in [0.4, 0.5) is 5.69 Å². The number of anilines is 1. The number of hydrogen-bond acceptors (Lipinski definition) is 3. The molecule has 1 N–H and O–H groups in total. The van der Waals surface area contributed by atoms with Crippen LogP contribution in [0.25, 0.3) is 5.57 Å². The Kier molecular flexibility index (Phi) is 2.56. The van der Waals surface area contributed by atoms with E-state index in [1.54, 1.807) is 13.3 Å². The molecule has 4 nitrogen and oxygen atoms in total. The smallest absolute Gasteiger partial charge is 0.257 e. The number of benzene rings is 1. The monoisotopic (exact) mass is 218 g/mol. The molecule has 84 valence electrons. The number of rotatable bonds is 2. The molecule has 0 radical (unpaired) electrons. The average Bonchev–Trinajstić information content (AvgIpc) is 2.54. The van der Waals surface area contributed by atoms with E-state index in [2.05, 4.69) is 5.32 Å². The van der Waals surface area contributed by atoms with Gasteiger partial charge in [0.1, 0.15) is 5.75 Å². The van der Waals surface area contributed by atoms with Crippen LogP contribution in [0.5, 0.6) is 5.75 Å². The van der Waals surface area contributed by atoms with Crippen LogP contribution in [-0.2, 0) is 4.79 Å². The van der Waals surface area contributed by atoms with Gasteiger partial charge < -0.3 is 15.0 Å². The van der Waals surface area contributed by atoms with E-state index < -0.39 is 0 Å². The predicted octanol–water partition coefficient (Wildman–Crippen LogP) is 1.55. The maximum Gasteiger partial charge on any atom is 0.257 e. The van der Waals surface area contributed by atoms with Crippen LogP contribution in [0.15, 0.2) is 24.4 Å². The van der Waals surface area contributed by atoms with Crippen LogP contribution >= 0.6 is 0 Å². The zero-order valence-electron chi connectivity index (χ0n) is 9.57. The maximum atomic E-state index is 11.7. The third-order valence-electron chi connectivity index (χ3n) is 2.40. The number of ether oxygens (including phenoxy) is 1. The minimum absolute atomic E-state index is 0.0723. The third-order valence-corrected chi connectivity index (χ3v) is 2.40. The van der Waals surface area contributed by atoms with Gasteiger partial charge in [-0.3, -0.25) is 4.79 Å². The van der Waals surface area contributed by atoms with E-state index in [4.69, 9.17) is 4.74 Å². The highest BCUT2D eigenvalue weighted by Crippen LogP contribution is 2.34. The standard InChI is InChI=1S/C12H14N2O2/c1-14(2)7-10-9-6-8(16-3)4-5-11(9)13-12(10)15/h4-7H,1-3H3,(H,13,15). The SMILES string of the molecule is COc1ccc2c(c1)C(=CN(C)C)C(=O)N2. The Balaban J connectivity index is 2.50. The first-order valence-corrected chi connectivity index (χ1v) is 5.00. The second-order valence-corrected chi connectivity index (χ2v) is 3.87. The van der Waals surface area contributed by atoms with Crippen LogP contribution in [0.2, 0.25) is 0 Å². The number of nitrogens with one attached hydrogen (secondary N) is 1. The van der Waals surface area contributed by atoms with Crippen molar-refractivity contribution in [2.45, 2.75) is 0 Å². The molecule has 0 atom stereocenters. The number of fused-ring (bicyclic) bond motifs is 1. The Morgan fingerprint density at radius 2 is 2.12 bits per heavy atom. The van der Waals surface area contributed by atoms with Crippen molar-refractivity contribution in [2.24, 2.45) is 0 Å². The largest absolute Gasteiger partial charge is 0.497 e. The quantitative estimate of drug-likeness (QED) is 0.766. The van der Waals surface area contributed by atoms with Gasteiger partial charge in [-0.05, 0) is 18.2 Å². The zero-order chi connectivity index (χ0) is 11.7. The first-order chi connectivity index (χ1) is 7.61. The molecule has 0 saturated carbocycles. The van der Waals surface area contributed by atoms with Crippen molar-refractivity contribution in [3.05, 3.63) is 30.0 Å². The Bertz CT molecular complexity index is 464. The van der Waals surface area contributed by atoms with Crippen molar-refractivity contribution < 1.29 is 9.53 Å². The summed E-state index contributed by atoms with van der Waals surface area (Å²) in [6, 6.07) is 5.54. The normalized spacial score (nSPS) is 15.9. The van der Waals surface area contributed by atoms with E-state index in [-0.39, 0.29) is 5.91 Å². The fourth-order valence-electron chi connectivity index (χ4n) is 1.68. The summed E-state index contributed by atoms with van der Waals surface area (Å²) in [6.07, 6.45) is 1.81. The Labute approximate surface area is 94.5 Å². The molecule has 0 saturated heterocycles. The fourth-order valence-corrected chi connectivity index (χ4v) is 1.68. The van der Waals surface area contributed by atoms with Gasteiger partial charge in [-0.15, -0.1) is 0 Å². The van der Waals surface area contributed by atoms with Gasteiger partial charge in [-0.25, -0.2) is 0 Å². The van der Waals surface area contributed by atoms with Crippen molar-refractivity contribution in [1.29, 1.82) is 0 Å². The first-order valence-electron chi connectivity index (χ1n) is 5.00. The lowest BCUT2D eigenvalue weighted by Gasteiger charge is -2.07. The third kappa shape index (κ3) is 1.74. The minimum atomic E-state index is -0.0723. The lowest BCUT2D eigenvalue weighted by molar-refractivity contribution is -0.110. The van der Waals surface area contributed by atoms with E-state index in [0.717, 1.165) is 17.0 Å². The molecule has 1 aliphatic rings. The highest BCUT2D eigenvalue weighted by molar-refractivity contribution is 6.31. The summed E-state index contributed by atoms with van der Waals surface area (Å²) >= 11 is 0. The summed E-state index contributed by atoms with van der Waals surface area (Å²) in [7, 11) is 5.39. The molecule has 0 aromatic heterocycles. The second kappa shape index (κ2) is 3.89. The first kappa shape index (κ1) is 10.5. The van der Waals surface area contributed by atoms with Gasteiger partial charge in [-0.2, -0.15) is 0 Å². The van der Waals surface area contributed by atoms with E-state index in [1.165, 1.54) is 0 Å². The maximum absolute atomic E-state index is 11.7. The lowest BCUT2D eigenvalue weighted by Crippen LogP contribution is -2.08. The van der Waals surface area contributed by atoms with Gasteiger partial charge in [0.25, 0.3) is 5.91 Å². The molecule has 1 amide bonds. The summed E-state index contributed by atoms with van der Waals surface area (Å²) in [6.45, 7) is 0. The van der Waals surface area contributed by atoms with Gasteiger partial charge in [-0.1, -0.05) is 0 Å². The fraction of sp³-hybridized carbons (Fsp3) is 0.250. The van der Waals surface area contributed by atoms with Crippen LogP contribution in [0.1, 0.15) is 5.56 Å². The number of carbonyl (C=O) groups excluding carboxylic acids is 1. The minimum Gasteiger partial charge on any atom is -0.497 e. The number of methoxy groups -OCH3 is 1. The molecule has 2 rings (SSSR count). The van der Waals surface area contributed by atoms with Crippen LogP contribution < -0.4 is 10.1 Å². The van der Waals surface area contributed by atoms with Gasteiger partial charge in [0.05, 0.1) is 12.7 Å². The van der Waals surface area contributed by atoms with Crippen molar-refractivity contribution in [1.82, 2.24) is 4.90 Å². The molecular weight excluding hydrogens is 204 g/mol. The second-order valence-electron chi connectivity index (χ2n) is 3.87. The Morgan fingerprint density at radius 3 is 2.75 bits per heavy atom.